The van der Waals surface area contributed by atoms with Gasteiger partial charge in [-0.15, -0.1) is 0 Å². The lowest BCUT2D eigenvalue weighted by Gasteiger charge is -2.13. The summed E-state index contributed by atoms with van der Waals surface area (Å²) in [6, 6.07) is 3.81. The molecule has 24 heavy (non-hydrogen) atoms. The maximum atomic E-state index is 12.7. The number of aromatic nitrogens is 2. The molecule has 0 radical (unpaired) electrons. The fourth-order valence-electron chi connectivity index (χ4n) is 3.38. The van der Waals surface area contributed by atoms with E-state index in [1.165, 1.54) is 0 Å². The lowest BCUT2D eigenvalue weighted by Crippen LogP contribution is -2.27. The molecule has 0 amide bonds. The minimum Gasteiger partial charge on any atom is -0.270 e. The van der Waals surface area contributed by atoms with E-state index < -0.39 is 10.0 Å². The van der Waals surface area contributed by atoms with Crippen molar-refractivity contribution in [3.8, 4) is 0 Å². The van der Waals surface area contributed by atoms with Gasteiger partial charge in [0.05, 0.1) is 10.6 Å². The molecule has 0 spiro atoms. The Balaban J connectivity index is 2.16. The monoisotopic (exact) mass is 349 g/mol. The first kappa shape index (κ1) is 18.7. The van der Waals surface area contributed by atoms with Crippen molar-refractivity contribution in [1.29, 1.82) is 0 Å². The normalized spacial score (nSPS) is 11.9. The third-order valence-electron chi connectivity index (χ3n) is 4.37. The molecule has 6 heteroatoms. The van der Waals surface area contributed by atoms with Crippen LogP contribution >= 0.6 is 0 Å². The molecule has 0 bridgehead atoms. The van der Waals surface area contributed by atoms with Crippen LogP contribution in [0.4, 0.5) is 0 Å². The van der Waals surface area contributed by atoms with Gasteiger partial charge < -0.3 is 0 Å². The number of hydrogen-bond donors (Lipinski definition) is 1. The van der Waals surface area contributed by atoms with Gasteiger partial charge in [0.1, 0.15) is 0 Å². The second-order valence-corrected chi connectivity index (χ2v) is 8.04. The van der Waals surface area contributed by atoms with Gasteiger partial charge in [0.2, 0.25) is 10.0 Å². The second-order valence-electron chi connectivity index (χ2n) is 6.34. The van der Waals surface area contributed by atoms with Crippen LogP contribution in [0.3, 0.4) is 0 Å². The molecule has 0 saturated carbocycles. The van der Waals surface area contributed by atoms with Gasteiger partial charge in [-0.05, 0) is 64.7 Å². The van der Waals surface area contributed by atoms with Gasteiger partial charge in [-0.25, -0.2) is 13.1 Å². The van der Waals surface area contributed by atoms with Crippen molar-refractivity contribution < 1.29 is 8.42 Å². The van der Waals surface area contributed by atoms with E-state index in [0.717, 1.165) is 40.2 Å². The standard InChI is InChI=1S/C18H27N3O2S/c1-7-21-16(6)17(15(5)20-21)8-9-19-24(22,23)18-13(3)10-12(2)11-14(18)4/h10-11,19H,7-9H2,1-6H3. The molecule has 0 unspecified atom stereocenters. The van der Waals surface area contributed by atoms with Crippen molar-refractivity contribution in [2.24, 2.45) is 0 Å². The van der Waals surface area contributed by atoms with Crippen molar-refractivity contribution in [2.75, 3.05) is 6.54 Å². The predicted octanol–water partition coefficient (Wildman–Crippen LogP) is 2.97. The number of rotatable bonds is 6. The molecule has 1 N–H and O–H groups in total. The second kappa shape index (κ2) is 7.07. The van der Waals surface area contributed by atoms with Crippen molar-refractivity contribution >= 4 is 10.0 Å². The van der Waals surface area contributed by atoms with Crippen molar-refractivity contribution in [3.05, 3.63) is 45.8 Å². The Bertz CT molecular complexity index is 828. The van der Waals surface area contributed by atoms with Crippen molar-refractivity contribution in [3.63, 3.8) is 0 Å². The quantitative estimate of drug-likeness (QED) is 0.872. The average Bonchev–Trinajstić information content (AvgIpc) is 2.72. The van der Waals surface area contributed by atoms with Gasteiger partial charge in [0.25, 0.3) is 0 Å². The maximum absolute atomic E-state index is 12.7. The molecule has 0 saturated heterocycles. The van der Waals surface area contributed by atoms with Gasteiger partial charge in [0, 0.05) is 18.8 Å². The Morgan fingerprint density at radius 2 is 1.67 bits per heavy atom. The topological polar surface area (TPSA) is 64.0 Å². The van der Waals surface area contributed by atoms with Gasteiger partial charge in [0.15, 0.2) is 0 Å². The van der Waals surface area contributed by atoms with Crippen LogP contribution in [-0.2, 0) is 23.0 Å². The SMILES string of the molecule is CCn1nc(C)c(CCNS(=O)(=O)c2c(C)cc(C)cc2C)c1C. The Hall–Kier alpha value is -1.66. The van der Waals surface area contributed by atoms with E-state index in [9.17, 15) is 8.42 Å². The molecule has 0 aliphatic carbocycles. The summed E-state index contributed by atoms with van der Waals surface area (Å²) >= 11 is 0. The fraction of sp³-hybridized carbons (Fsp3) is 0.500. The summed E-state index contributed by atoms with van der Waals surface area (Å²) in [6.07, 6.45) is 0.640. The Kier molecular flexibility index (Phi) is 5.50. The van der Waals surface area contributed by atoms with Crippen LogP contribution < -0.4 is 4.72 Å². The lowest BCUT2D eigenvalue weighted by atomic mass is 10.1. The van der Waals surface area contributed by atoms with Crippen LogP contribution in [-0.4, -0.2) is 24.7 Å². The van der Waals surface area contributed by atoms with Crippen molar-refractivity contribution in [2.45, 2.75) is 59.4 Å². The highest BCUT2D eigenvalue weighted by molar-refractivity contribution is 7.89. The fourth-order valence-corrected chi connectivity index (χ4v) is 4.86. The van der Waals surface area contributed by atoms with E-state index in [1.807, 2.05) is 51.4 Å². The van der Waals surface area contributed by atoms with Crippen LogP contribution in [0.15, 0.2) is 17.0 Å². The summed E-state index contributed by atoms with van der Waals surface area (Å²) in [5.41, 5.74) is 5.84. The maximum Gasteiger partial charge on any atom is 0.241 e. The molecule has 0 aliphatic heterocycles. The number of benzene rings is 1. The minimum atomic E-state index is -3.51. The molecule has 0 atom stereocenters. The highest BCUT2D eigenvalue weighted by atomic mass is 32.2. The number of nitrogens with one attached hydrogen (secondary N) is 1. The van der Waals surface area contributed by atoms with Crippen LogP contribution in [0.1, 0.15) is 40.6 Å². The van der Waals surface area contributed by atoms with Crippen LogP contribution in [0, 0.1) is 34.6 Å². The number of sulfonamides is 1. The summed E-state index contributed by atoms with van der Waals surface area (Å²) in [5, 5.41) is 4.48. The Morgan fingerprint density at radius 3 is 2.17 bits per heavy atom. The zero-order valence-corrected chi connectivity index (χ0v) is 16.2. The van der Waals surface area contributed by atoms with E-state index >= 15 is 0 Å². The van der Waals surface area contributed by atoms with E-state index in [-0.39, 0.29) is 0 Å². The number of nitrogens with zero attached hydrogens (tertiary/aromatic N) is 2. The summed E-state index contributed by atoms with van der Waals surface area (Å²) < 4.78 is 30.0. The molecule has 2 aromatic rings. The van der Waals surface area contributed by atoms with Crippen molar-refractivity contribution in [1.82, 2.24) is 14.5 Å². The van der Waals surface area contributed by atoms with Crippen LogP contribution in [0.5, 0.6) is 0 Å². The van der Waals surface area contributed by atoms with Crippen LogP contribution in [0.25, 0.3) is 0 Å². The van der Waals surface area contributed by atoms with Gasteiger partial charge in [-0.1, -0.05) is 17.7 Å². The first-order chi connectivity index (χ1) is 11.2. The predicted molar refractivity (Wildman–Crippen MR) is 96.9 cm³/mol. The summed E-state index contributed by atoms with van der Waals surface area (Å²) in [5.74, 6) is 0. The van der Waals surface area contributed by atoms with Gasteiger partial charge in [-0.2, -0.15) is 5.10 Å². The molecule has 132 valence electrons. The molecular weight excluding hydrogens is 322 g/mol. The van der Waals surface area contributed by atoms with Crippen LogP contribution in [0.2, 0.25) is 0 Å². The van der Waals surface area contributed by atoms with Gasteiger partial charge in [-0.3, -0.25) is 4.68 Å². The Labute approximate surface area is 145 Å². The zero-order valence-electron chi connectivity index (χ0n) is 15.4. The molecule has 0 fully saturated rings. The Morgan fingerprint density at radius 1 is 1.08 bits per heavy atom. The molecule has 1 aromatic carbocycles. The molecule has 5 nitrogen and oxygen atoms in total. The molecular formula is C18H27N3O2S. The largest absolute Gasteiger partial charge is 0.270 e. The third kappa shape index (κ3) is 3.70. The van der Waals surface area contributed by atoms with Gasteiger partial charge >= 0.3 is 0 Å². The first-order valence-corrected chi connectivity index (χ1v) is 9.76. The smallest absolute Gasteiger partial charge is 0.241 e. The zero-order chi connectivity index (χ0) is 18.1. The average molecular weight is 350 g/mol. The van der Waals surface area contributed by atoms with E-state index in [4.69, 9.17) is 0 Å². The molecule has 1 heterocycles. The lowest BCUT2D eigenvalue weighted by molar-refractivity contribution is 0.580. The highest BCUT2D eigenvalue weighted by Gasteiger charge is 2.20. The highest BCUT2D eigenvalue weighted by Crippen LogP contribution is 2.21. The number of hydrogen-bond acceptors (Lipinski definition) is 3. The minimum absolute atomic E-state index is 0.367. The first-order valence-electron chi connectivity index (χ1n) is 8.27. The molecule has 1 aromatic heterocycles. The van der Waals surface area contributed by atoms with E-state index in [0.29, 0.717) is 17.9 Å². The summed E-state index contributed by atoms with van der Waals surface area (Å²) in [4.78, 5) is 0.394. The van der Waals surface area contributed by atoms with E-state index in [1.54, 1.807) is 0 Å². The third-order valence-corrected chi connectivity index (χ3v) is 6.14. The number of aryl methyl sites for hydroxylation is 5. The molecule has 2 rings (SSSR count). The summed E-state index contributed by atoms with van der Waals surface area (Å²) in [6.45, 7) is 12.9. The molecule has 0 aliphatic rings. The summed E-state index contributed by atoms with van der Waals surface area (Å²) in [7, 11) is -3.51. The van der Waals surface area contributed by atoms with E-state index in [2.05, 4.69) is 16.7 Å².